The van der Waals surface area contributed by atoms with Crippen molar-refractivity contribution >= 4 is 5.91 Å². The molecule has 0 bridgehead atoms. The van der Waals surface area contributed by atoms with E-state index in [0.717, 1.165) is 25.8 Å². The van der Waals surface area contributed by atoms with E-state index in [2.05, 4.69) is 10.6 Å². The van der Waals surface area contributed by atoms with Crippen LogP contribution in [0.3, 0.4) is 0 Å². The first-order valence-electron chi connectivity index (χ1n) is 9.70. The zero-order chi connectivity index (χ0) is 20.1. The van der Waals surface area contributed by atoms with Gasteiger partial charge in [-0.3, -0.25) is 4.79 Å². The van der Waals surface area contributed by atoms with Crippen LogP contribution in [-0.4, -0.2) is 98.3 Å². The first-order valence-corrected chi connectivity index (χ1v) is 9.70. The molecule has 0 saturated carbocycles. The molecule has 1 heterocycles. The van der Waals surface area contributed by atoms with E-state index in [-0.39, 0.29) is 12.5 Å². The molecule has 0 aliphatic carbocycles. The lowest BCUT2D eigenvalue weighted by atomic mass is 9.90. The van der Waals surface area contributed by atoms with Gasteiger partial charge in [-0.15, -0.1) is 0 Å². The molecular formula is C18H36N2O7. The summed E-state index contributed by atoms with van der Waals surface area (Å²) < 4.78 is 16.6. The summed E-state index contributed by atoms with van der Waals surface area (Å²) in [4.78, 5) is 11.4. The predicted octanol–water partition coefficient (Wildman–Crippen LogP) is -1.21. The Morgan fingerprint density at radius 1 is 1.00 bits per heavy atom. The topological polar surface area (TPSA) is 130 Å². The minimum atomic E-state index is -1.23. The van der Waals surface area contributed by atoms with Crippen LogP contribution < -0.4 is 10.6 Å². The highest BCUT2D eigenvalue weighted by Crippen LogP contribution is 2.24. The summed E-state index contributed by atoms with van der Waals surface area (Å²) in [6.45, 7) is 4.27. The number of hydrogen-bond donors (Lipinski definition) is 5. The minimum Gasteiger partial charge on any atom is -0.394 e. The third kappa shape index (κ3) is 9.29. The molecule has 1 rings (SSSR count). The van der Waals surface area contributed by atoms with Crippen molar-refractivity contribution in [1.82, 2.24) is 10.6 Å². The molecule has 0 aromatic carbocycles. The molecule has 5 N–H and O–H groups in total. The van der Waals surface area contributed by atoms with E-state index in [1.165, 1.54) is 6.92 Å². The maximum atomic E-state index is 11.4. The van der Waals surface area contributed by atoms with Gasteiger partial charge in [0.15, 0.2) is 0 Å². The Balaban J connectivity index is 2.23. The molecule has 9 heteroatoms. The molecule has 0 aromatic heterocycles. The highest BCUT2D eigenvalue weighted by Gasteiger charge is 2.44. The van der Waals surface area contributed by atoms with E-state index in [1.54, 1.807) is 0 Å². The summed E-state index contributed by atoms with van der Waals surface area (Å²) in [7, 11) is 1.88. The molecule has 5 atom stereocenters. The summed E-state index contributed by atoms with van der Waals surface area (Å²) in [6.07, 6.45) is -0.462. The largest absolute Gasteiger partial charge is 0.394 e. The second-order valence-corrected chi connectivity index (χ2v) is 6.78. The number of carbonyl (C=O) groups is 1. The Bertz CT molecular complexity index is 400. The summed E-state index contributed by atoms with van der Waals surface area (Å²) >= 11 is 0. The van der Waals surface area contributed by atoms with E-state index in [4.69, 9.17) is 14.2 Å². The number of amides is 1. The van der Waals surface area contributed by atoms with Crippen LogP contribution in [0.4, 0.5) is 0 Å². The van der Waals surface area contributed by atoms with Crippen molar-refractivity contribution in [2.45, 2.75) is 63.1 Å². The number of ether oxygens (including phenoxy) is 3. The Labute approximate surface area is 161 Å². The van der Waals surface area contributed by atoms with Gasteiger partial charge in [-0.25, -0.2) is 0 Å². The van der Waals surface area contributed by atoms with Crippen LogP contribution in [0.2, 0.25) is 0 Å². The quantitative estimate of drug-likeness (QED) is 0.233. The number of carbonyl (C=O) groups excluding carboxylic acids is 1. The number of aliphatic hydroxyl groups is 3. The Kier molecular flexibility index (Phi) is 12.8. The average Bonchev–Trinajstić information content (AvgIpc) is 2.64. The molecule has 1 aliphatic rings. The summed E-state index contributed by atoms with van der Waals surface area (Å²) in [5, 5.41) is 35.2. The van der Waals surface area contributed by atoms with Crippen LogP contribution in [0.15, 0.2) is 0 Å². The number of likely N-dealkylation sites (N-methyl/N-ethyl adjacent to an activating group) is 1. The van der Waals surface area contributed by atoms with Crippen molar-refractivity contribution in [2.75, 3.05) is 46.6 Å². The Morgan fingerprint density at radius 3 is 2.33 bits per heavy atom. The third-order valence-corrected chi connectivity index (χ3v) is 4.54. The molecule has 27 heavy (non-hydrogen) atoms. The average molecular weight is 392 g/mol. The third-order valence-electron chi connectivity index (χ3n) is 4.54. The maximum absolute atomic E-state index is 11.4. The van der Waals surface area contributed by atoms with E-state index in [0.29, 0.717) is 32.8 Å². The van der Waals surface area contributed by atoms with Crippen molar-refractivity contribution in [2.24, 2.45) is 0 Å². The lowest BCUT2D eigenvalue weighted by molar-refractivity contribution is -0.196. The molecule has 1 saturated heterocycles. The number of unbranched alkanes of at least 4 members (excludes halogenated alkanes) is 2. The number of hydrogen-bond acceptors (Lipinski definition) is 8. The number of rotatable bonds is 14. The monoisotopic (exact) mass is 392 g/mol. The fourth-order valence-electron chi connectivity index (χ4n) is 3.08. The summed E-state index contributed by atoms with van der Waals surface area (Å²) in [5.41, 5.74) is 0. The zero-order valence-electron chi connectivity index (χ0n) is 16.4. The molecule has 9 nitrogen and oxygen atoms in total. The smallest absolute Gasteiger partial charge is 0.217 e. The second-order valence-electron chi connectivity index (χ2n) is 6.78. The fraction of sp³-hybridized carbons (Fsp3) is 0.944. The Morgan fingerprint density at radius 2 is 1.70 bits per heavy atom. The van der Waals surface area contributed by atoms with Crippen LogP contribution in [-0.2, 0) is 19.0 Å². The van der Waals surface area contributed by atoms with Crippen LogP contribution >= 0.6 is 0 Å². The van der Waals surface area contributed by atoms with Crippen molar-refractivity contribution in [3.8, 4) is 0 Å². The first kappa shape index (κ1) is 24.2. The van der Waals surface area contributed by atoms with Crippen LogP contribution in [0.5, 0.6) is 0 Å². The zero-order valence-corrected chi connectivity index (χ0v) is 16.4. The number of nitrogens with one attached hydrogen (secondary N) is 2. The van der Waals surface area contributed by atoms with Gasteiger partial charge in [-0.1, -0.05) is 12.8 Å². The first-order chi connectivity index (χ1) is 13.0. The highest BCUT2D eigenvalue weighted by atomic mass is 16.5. The molecule has 0 unspecified atom stereocenters. The van der Waals surface area contributed by atoms with Gasteiger partial charge in [0.25, 0.3) is 0 Å². The molecule has 0 spiro atoms. The van der Waals surface area contributed by atoms with Crippen molar-refractivity contribution < 1.29 is 34.3 Å². The molecule has 0 radical (unpaired) electrons. The lowest BCUT2D eigenvalue weighted by Crippen LogP contribution is -2.63. The summed E-state index contributed by atoms with van der Waals surface area (Å²) in [5.74, 6) is -0.298. The van der Waals surface area contributed by atoms with Gasteiger partial charge < -0.3 is 40.2 Å². The molecule has 0 aromatic rings. The van der Waals surface area contributed by atoms with E-state index in [1.807, 2.05) is 7.05 Å². The highest BCUT2D eigenvalue weighted by molar-refractivity contribution is 5.73. The van der Waals surface area contributed by atoms with Gasteiger partial charge in [-0.05, 0) is 19.9 Å². The van der Waals surface area contributed by atoms with Crippen molar-refractivity contribution in [1.29, 1.82) is 0 Å². The Hall–Kier alpha value is -0.810. The van der Waals surface area contributed by atoms with E-state index >= 15 is 0 Å². The van der Waals surface area contributed by atoms with E-state index < -0.39 is 30.5 Å². The van der Waals surface area contributed by atoms with Crippen molar-refractivity contribution in [3.63, 3.8) is 0 Å². The van der Waals surface area contributed by atoms with Crippen LogP contribution in [0, 0.1) is 0 Å². The molecule has 1 amide bonds. The maximum Gasteiger partial charge on any atom is 0.217 e. The fourth-order valence-corrected chi connectivity index (χ4v) is 3.08. The van der Waals surface area contributed by atoms with E-state index in [9.17, 15) is 20.1 Å². The van der Waals surface area contributed by atoms with Crippen LogP contribution in [0.25, 0.3) is 0 Å². The van der Waals surface area contributed by atoms with Gasteiger partial charge in [0.05, 0.1) is 38.6 Å². The summed E-state index contributed by atoms with van der Waals surface area (Å²) in [6, 6.07) is -0.689. The van der Waals surface area contributed by atoms with Gasteiger partial charge >= 0.3 is 0 Å². The molecule has 160 valence electrons. The standard InChI is InChI=1S/C18H36N2O7/c1-13(22)20-16-14(27-15(12-21)17(23)18(16)24)6-4-3-5-8-25-10-11-26-9-7-19-2/h14-19,21,23-24H,3-12H2,1-2H3,(H,20,22)/t14-,15-,16+,17+,18-/m1/s1. The number of aliphatic hydroxyl groups excluding tert-OH is 3. The predicted molar refractivity (Wildman–Crippen MR) is 99.4 cm³/mol. The normalized spacial score (nSPS) is 28.3. The van der Waals surface area contributed by atoms with Gasteiger partial charge in [0, 0.05) is 20.1 Å². The molecular weight excluding hydrogens is 356 g/mol. The van der Waals surface area contributed by atoms with Crippen molar-refractivity contribution in [3.05, 3.63) is 0 Å². The lowest BCUT2D eigenvalue weighted by Gasteiger charge is -2.42. The minimum absolute atomic E-state index is 0.298. The SMILES string of the molecule is CNCCOCCOCCCCC[C@H]1O[C@H](CO)[C@H](O)[C@H](O)[C@H]1NC(C)=O. The molecule has 1 fully saturated rings. The van der Waals surface area contributed by atoms with Gasteiger partial charge in [-0.2, -0.15) is 0 Å². The second kappa shape index (κ2) is 14.2. The van der Waals surface area contributed by atoms with Crippen LogP contribution in [0.1, 0.15) is 32.6 Å². The van der Waals surface area contributed by atoms with Gasteiger partial charge in [0.2, 0.25) is 5.91 Å². The van der Waals surface area contributed by atoms with Gasteiger partial charge in [0.1, 0.15) is 18.3 Å². The molecule has 1 aliphatic heterocycles.